The maximum atomic E-state index is 9.76. The summed E-state index contributed by atoms with van der Waals surface area (Å²) in [5.74, 6) is 0.950. The second-order valence-corrected chi connectivity index (χ2v) is 5.97. The molecule has 0 unspecified atom stereocenters. The summed E-state index contributed by atoms with van der Waals surface area (Å²) in [5, 5.41) is 14.1. The smallest absolute Gasteiger partial charge is 0.225 e. The Balaban J connectivity index is 1.93. The molecule has 3 aromatic rings. The predicted octanol–water partition coefficient (Wildman–Crippen LogP) is 3.97. The molecule has 2 N–H and O–H groups in total. The van der Waals surface area contributed by atoms with Gasteiger partial charge < -0.3 is 10.4 Å². The molecule has 20 heavy (non-hydrogen) atoms. The van der Waals surface area contributed by atoms with Crippen molar-refractivity contribution in [3.05, 3.63) is 46.1 Å². The Morgan fingerprint density at radius 2 is 2.10 bits per heavy atom. The first-order chi connectivity index (χ1) is 9.63. The predicted molar refractivity (Wildman–Crippen MR) is 82.6 cm³/mol. The largest absolute Gasteiger partial charge is 0.508 e. The average molecular weight is 306 g/mol. The lowest BCUT2D eigenvalue weighted by Gasteiger charge is -2.08. The van der Waals surface area contributed by atoms with Crippen LogP contribution < -0.4 is 5.32 Å². The summed E-state index contributed by atoms with van der Waals surface area (Å²) in [5.41, 5.74) is 0.808. The van der Waals surface area contributed by atoms with Gasteiger partial charge in [0.15, 0.2) is 0 Å². The molecule has 0 radical (unpaired) electrons. The van der Waals surface area contributed by atoms with E-state index in [1.807, 2.05) is 25.1 Å². The molecular formula is C14H12ClN3OS. The van der Waals surface area contributed by atoms with Crippen LogP contribution >= 0.6 is 22.9 Å². The third kappa shape index (κ3) is 2.55. The van der Waals surface area contributed by atoms with E-state index in [0.717, 1.165) is 20.7 Å². The summed E-state index contributed by atoms with van der Waals surface area (Å²) in [7, 11) is 0. The Labute approximate surface area is 125 Å². The number of phenols is 1. The van der Waals surface area contributed by atoms with E-state index in [9.17, 15) is 5.11 Å². The van der Waals surface area contributed by atoms with Gasteiger partial charge in [0.2, 0.25) is 5.28 Å². The van der Waals surface area contributed by atoms with Crippen LogP contribution in [0.1, 0.15) is 10.4 Å². The Bertz CT molecular complexity index is 772. The van der Waals surface area contributed by atoms with Crippen molar-refractivity contribution in [2.45, 2.75) is 13.5 Å². The van der Waals surface area contributed by atoms with E-state index in [1.54, 1.807) is 23.5 Å². The molecule has 0 saturated carbocycles. The van der Waals surface area contributed by atoms with Crippen molar-refractivity contribution in [2.75, 3.05) is 5.32 Å². The monoisotopic (exact) mass is 305 g/mol. The lowest BCUT2D eigenvalue weighted by molar-refractivity contribution is 0.469. The number of benzene rings is 1. The van der Waals surface area contributed by atoms with Crippen LogP contribution in [-0.4, -0.2) is 15.1 Å². The number of nitrogens with zero attached hydrogens (tertiary/aromatic N) is 2. The average Bonchev–Trinajstić information content (AvgIpc) is 2.77. The van der Waals surface area contributed by atoms with Gasteiger partial charge in [-0.05, 0) is 30.7 Å². The molecule has 0 aliphatic carbocycles. The summed E-state index contributed by atoms with van der Waals surface area (Å²) in [6.07, 6.45) is 0. The van der Waals surface area contributed by atoms with E-state index in [2.05, 4.69) is 15.3 Å². The first-order valence-corrected chi connectivity index (χ1v) is 7.27. The summed E-state index contributed by atoms with van der Waals surface area (Å²) in [4.78, 5) is 10.5. The second kappa shape index (κ2) is 5.26. The minimum Gasteiger partial charge on any atom is -0.508 e. The molecule has 0 bridgehead atoms. The number of nitrogens with one attached hydrogen (secondary N) is 1. The number of aromatic nitrogens is 2. The molecule has 0 aliphatic rings. The minimum absolute atomic E-state index is 0.221. The molecule has 0 amide bonds. The van der Waals surface area contributed by atoms with Gasteiger partial charge in [-0.25, -0.2) is 9.97 Å². The fourth-order valence-electron chi connectivity index (χ4n) is 1.99. The van der Waals surface area contributed by atoms with Crippen LogP contribution in [0.2, 0.25) is 5.28 Å². The number of thiophene rings is 1. The van der Waals surface area contributed by atoms with Gasteiger partial charge in [-0.1, -0.05) is 18.2 Å². The van der Waals surface area contributed by atoms with Crippen LogP contribution in [-0.2, 0) is 6.54 Å². The van der Waals surface area contributed by atoms with Crippen molar-refractivity contribution in [1.82, 2.24) is 9.97 Å². The number of para-hydroxylation sites is 1. The summed E-state index contributed by atoms with van der Waals surface area (Å²) in [6, 6.07) is 9.23. The topological polar surface area (TPSA) is 58.0 Å². The molecular weight excluding hydrogens is 294 g/mol. The molecule has 0 atom stereocenters. The highest BCUT2D eigenvalue weighted by molar-refractivity contribution is 7.18. The van der Waals surface area contributed by atoms with E-state index in [1.165, 1.54) is 0 Å². The van der Waals surface area contributed by atoms with Crippen molar-refractivity contribution >= 4 is 39.0 Å². The van der Waals surface area contributed by atoms with Gasteiger partial charge in [-0.3, -0.25) is 0 Å². The van der Waals surface area contributed by atoms with E-state index >= 15 is 0 Å². The maximum Gasteiger partial charge on any atom is 0.225 e. The zero-order valence-corrected chi connectivity index (χ0v) is 12.3. The first kappa shape index (κ1) is 13.1. The molecule has 1 aromatic carbocycles. The quantitative estimate of drug-likeness (QED) is 0.719. The summed E-state index contributed by atoms with van der Waals surface area (Å²) in [6.45, 7) is 2.50. The number of aromatic hydroxyl groups is 1. The van der Waals surface area contributed by atoms with Gasteiger partial charge in [-0.2, -0.15) is 0 Å². The van der Waals surface area contributed by atoms with E-state index < -0.39 is 0 Å². The number of hydrogen-bond donors (Lipinski definition) is 2. The van der Waals surface area contributed by atoms with Crippen molar-refractivity contribution in [2.24, 2.45) is 0 Å². The van der Waals surface area contributed by atoms with Crippen LogP contribution in [0.4, 0.5) is 5.82 Å². The summed E-state index contributed by atoms with van der Waals surface area (Å²) >= 11 is 7.52. The number of aryl methyl sites for hydroxylation is 1. The minimum atomic E-state index is 0.221. The second-order valence-electron chi connectivity index (χ2n) is 4.40. The van der Waals surface area contributed by atoms with Gasteiger partial charge >= 0.3 is 0 Å². The van der Waals surface area contributed by atoms with Crippen molar-refractivity contribution in [1.29, 1.82) is 0 Å². The van der Waals surface area contributed by atoms with E-state index in [4.69, 9.17) is 11.6 Å². The fraction of sp³-hybridized carbons (Fsp3) is 0.143. The van der Waals surface area contributed by atoms with Gasteiger partial charge in [0.05, 0.1) is 5.39 Å². The van der Waals surface area contributed by atoms with Crippen molar-refractivity contribution in [3.63, 3.8) is 0 Å². The first-order valence-electron chi connectivity index (χ1n) is 6.08. The third-order valence-corrected chi connectivity index (χ3v) is 4.04. The number of rotatable bonds is 3. The Kier molecular flexibility index (Phi) is 3.46. The molecule has 4 nitrogen and oxygen atoms in total. The molecule has 2 heterocycles. The number of halogens is 1. The lowest BCUT2D eigenvalue weighted by Crippen LogP contribution is -2.02. The molecule has 102 valence electrons. The molecule has 3 rings (SSSR count). The lowest BCUT2D eigenvalue weighted by atomic mass is 10.2. The molecule has 0 fully saturated rings. The van der Waals surface area contributed by atoms with Gasteiger partial charge in [0, 0.05) is 17.0 Å². The molecule has 6 heteroatoms. The Morgan fingerprint density at radius 3 is 2.90 bits per heavy atom. The highest BCUT2D eigenvalue weighted by atomic mass is 35.5. The van der Waals surface area contributed by atoms with E-state index in [-0.39, 0.29) is 11.0 Å². The van der Waals surface area contributed by atoms with Gasteiger partial charge in [0.25, 0.3) is 0 Å². The molecule has 2 aromatic heterocycles. The van der Waals surface area contributed by atoms with Crippen LogP contribution in [0.3, 0.4) is 0 Å². The molecule has 0 saturated heterocycles. The van der Waals surface area contributed by atoms with Crippen LogP contribution in [0.15, 0.2) is 30.3 Å². The summed E-state index contributed by atoms with van der Waals surface area (Å²) < 4.78 is 0. The maximum absolute atomic E-state index is 9.76. The van der Waals surface area contributed by atoms with Crippen LogP contribution in [0, 0.1) is 6.92 Å². The fourth-order valence-corrected chi connectivity index (χ4v) is 3.09. The standard InChI is InChI=1S/C14H12ClN3OS/c1-8-6-10-12(17-14(15)18-13(10)20-8)16-7-9-4-2-3-5-11(9)19/h2-6,19H,7H2,1H3,(H,16,17,18). The molecule has 0 spiro atoms. The number of anilines is 1. The van der Waals surface area contributed by atoms with Crippen LogP contribution in [0.5, 0.6) is 5.75 Å². The third-order valence-electron chi connectivity index (χ3n) is 2.93. The van der Waals surface area contributed by atoms with Gasteiger partial charge in [0.1, 0.15) is 16.4 Å². The molecule has 0 aliphatic heterocycles. The highest BCUT2D eigenvalue weighted by Crippen LogP contribution is 2.30. The number of hydrogen-bond acceptors (Lipinski definition) is 5. The zero-order chi connectivity index (χ0) is 14.1. The number of fused-ring (bicyclic) bond motifs is 1. The van der Waals surface area contributed by atoms with Gasteiger partial charge in [-0.15, -0.1) is 11.3 Å². The Hall–Kier alpha value is -1.85. The van der Waals surface area contributed by atoms with Crippen molar-refractivity contribution < 1.29 is 5.11 Å². The van der Waals surface area contributed by atoms with Crippen molar-refractivity contribution in [3.8, 4) is 5.75 Å². The normalized spacial score (nSPS) is 10.9. The Morgan fingerprint density at radius 1 is 1.30 bits per heavy atom. The number of phenolic OH excluding ortho intramolecular Hbond substituents is 1. The zero-order valence-electron chi connectivity index (χ0n) is 10.7. The van der Waals surface area contributed by atoms with Crippen LogP contribution in [0.25, 0.3) is 10.2 Å². The van der Waals surface area contributed by atoms with E-state index in [0.29, 0.717) is 12.4 Å². The SMILES string of the molecule is Cc1cc2c(NCc3ccccc3O)nc(Cl)nc2s1. The highest BCUT2D eigenvalue weighted by Gasteiger charge is 2.10.